The minimum absolute atomic E-state index is 0.0213. The van der Waals surface area contributed by atoms with Crippen LogP contribution in [-0.4, -0.2) is 44.3 Å². The van der Waals surface area contributed by atoms with Gasteiger partial charge in [0.05, 0.1) is 12.3 Å². The number of para-hydroxylation sites is 2. The summed E-state index contributed by atoms with van der Waals surface area (Å²) in [5, 5.41) is 2.90. The van der Waals surface area contributed by atoms with E-state index < -0.39 is 0 Å². The largest absolute Gasteiger partial charge is 0.491 e. The molecule has 0 bridgehead atoms. The molecule has 1 amide bonds. The third kappa shape index (κ3) is 8.09. The average Bonchev–Trinajstić information content (AvgIpc) is 2.87. The molecule has 5 heteroatoms. The maximum Gasteiger partial charge on any atom is 0.412 e. The van der Waals surface area contributed by atoms with Crippen molar-refractivity contribution in [1.29, 1.82) is 0 Å². The van der Waals surface area contributed by atoms with Crippen molar-refractivity contribution >= 4 is 11.8 Å². The molecule has 1 aromatic rings. The van der Waals surface area contributed by atoms with Crippen LogP contribution in [-0.2, 0) is 4.74 Å². The average molecular weight is 391 g/mol. The van der Waals surface area contributed by atoms with Crippen molar-refractivity contribution in [2.45, 2.75) is 70.8 Å². The van der Waals surface area contributed by atoms with Gasteiger partial charge in [-0.05, 0) is 51.9 Å². The lowest BCUT2D eigenvalue weighted by Crippen LogP contribution is -2.34. The molecule has 0 heterocycles. The van der Waals surface area contributed by atoms with E-state index in [-0.39, 0.29) is 12.2 Å². The van der Waals surface area contributed by atoms with Gasteiger partial charge in [-0.25, -0.2) is 4.79 Å². The Hall–Kier alpha value is -1.75. The van der Waals surface area contributed by atoms with Crippen LogP contribution in [0.2, 0.25) is 0 Å². The number of hydrogen-bond donors (Lipinski definition) is 1. The Balaban J connectivity index is 1.90. The number of anilines is 1. The summed E-state index contributed by atoms with van der Waals surface area (Å²) in [6.07, 6.45) is 9.86. The molecule has 0 unspecified atom stereocenters. The summed E-state index contributed by atoms with van der Waals surface area (Å²) in [6.45, 7) is 3.82. The molecule has 1 aliphatic carbocycles. The molecule has 0 saturated heterocycles. The Morgan fingerprint density at radius 3 is 2.68 bits per heavy atom. The molecule has 158 valence electrons. The van der Waals surface area contributed by atoms with Crippen molar-refractivity contribution in [3.63, 3.8) is 0 Å². The summed E-state index contributed by atoms with van der Waals surface area (Å²) in [5.74, 6) is 1.11. The molecule has 0 radical (unpaired) electrons. The summed E-state index contributed by atoms with van der Waals surface area (Å²) in [4.78, 5) is 14.8. The van der Waals surface area contributed by atoms with Gasteiger partial charge in [0.2, 0.25) is 0 Å². The van der Waals surface area contributed by atoms with Crippen LogP contribution in [0.5, 0.6) is 5.75 Å². The highest BCUT2D eigenvalue weighted by Crippen LogP contribution is 2.28. The van der Waals surface area contributed by atoms with Gasteiger partial charge in [-0.3, -0.25) is 5.32 Å². The van der Waals surface area contributed by atoms with Gasteiger partial charge >= 0.3 is 6.09 Å². The van der Waals surface area contributed by atoms with Crippen LogP contribution >= 0.6 is 0 Å². The summed E-state index contributed by atoms with van der Waals surface area (Å²) in [5.41, 5.74) is 0.681. The minimum atomic E-state index is -0.377. The lowest BCUT2D eigenvalue weighted by atomic mass is 9.97. The second kappa shape index (κ2) is 12.7. The molecule has 1 fully saturated rings. The Kier molecular flexibility index (Phi) is 10.2. The first kappa shape index (κ1) is 22.5. The van der Waals surface area contributed by atoms with Gasteiger partial charge in [0.1, 0.15) is 11.9 Å². The van der Waals surface area contributed by atoms with Crippen molar-refractivity contribution in [2.24, 2.45) is 5.92 Å². The van der Waals surface area contributed by atoms with E-state index in [4.69, 9.17) is 9.47 Å². The van der Waals surface area contributed by atoms with Gasteiger partial charge in [0, 0.05) is 12.5 Å². The van der Waals surface area contributed by atoms with Gasteiger partial charge in [-0.1, -0.05) is 51.2 Å². The van der Waals surface area contributed by atoms with Crippen molar-refractivity contribution < 1.29 is 14.3 Å². The molecule has 28 heavy (non-hydrogen) atoms. The standard InChI is InChI=1S/C23H38N2O3/c1-4-5-6-12-17-27-22-16-11-10-14-20(22)24-23(26)28-21-15-9-7-8-13-19(21)18-25(2)3/h10-11,14,16,19,21H,4-9,12-13,15,17-18H2,1-3H3,(H,24,26)/t19-,21+/m1/s1. The number of hydrogen-bond acceptors (Lipinski definition) is 4. The zero-order valence-electron chi connectivity index (χ0n) is 17.9. The first-order chi connectivity index (χ1) is 13.6. The van der Waals surface area contributed by atoms with Crippen molar-refractivity contribution in [1.82, 2.24) is 4.90 Å². The summed E-state index contributed by atoms with van der Waals surface area (Å²) in [7, 11) is 4.16. The maximum absolute atomic E-state index is 12.6. The SMILES string of the molecule is CCCCCCOc1ccccc1NC(=O)O[C@H]1CCCCC[C@@H]1CN(C)C. The topological polar surface area (TPSA) is 50.8 Å². The predicted octanol–water partition coefficient (Wildman–Crippen LogP) is 5.70. The molecular formula is C23H38N2O3. The normalized spacial score (nSPS) is 19.9. The molecule has 1 saturated carbocycles. The first-order valence-electron chi connectivity index (χ1n) is 10.9. The molecule has 1 N–H and O–H groups in total. The third-order valence-electron chi connectivity index (χ3n) is 5.33. The second-order valence-electron chi connectivity index (χ2n) is 8.13. The molecule has 1 aliphatic rings. The first-order valence-corrected chi connectivity index (χ1v) is 10.9. The number of carbonyl (C=O) groups excluding carboxylic acids is 1. The van der Waals surface area contributed by atoms with Crippen LogP contribution < -0.4 is 10.1 Å². The molecule has 1 aromatic carbocycles. The van der Waals surface area contributed by atoms with E-state index in [1.165, 1.54) is 32.1 Å². The fourth-order valence-corrected chi connectivity index (χ4v) is 3.87. The molecule has 0 spiro atoms. The minimum Gasteiger partial charge on any atom is -0.491 e. The number of nitrogens with one attached hydrogen (secondary N) is 1. The van der Waals surface area contributed by atoms with Crippen LogP contribution in [0.1, 0.15) is 64.7 Å². The highest BCUT2D eigenvalue weighted by Gasteiger charge is 2.27. The predicted molar refractivity (Wildman–Crippen MR) is 115 cm³/mol. The lowest BCUT2D eigenvalue weighted by molar-refractivity contribution is 0.0569. The highest BCUT2D eigenvalue weighted by atomic mass is 16.6. The van der Waals surface area contributed by atoms with E-state index in [2.05, 4.69) is 31.2 Å². The number of ether oxygens (including phenoxy) is 2. The van der Waals surface area contributed by atoms with Crippen LogP contribution in [0.15, 0.2) is 24.3 Å². The van der Waals surface area contributed by atoms with Crippen molar-refractivity contribution in [3.8, 4) is 5.75 Å². The lowest BCUT2D eigenvalue weighted by Gasteiger charge is -2.27. The van der Waals surface area contributed by atoms with Crippen LogP contribution in [0.3, 0.4) is 0 Å². The van der Waals surface area contributed by atoms with Crippen LogP contribution in [0, 0.1) is 5.92 Å². The number of carbonyl (C=O) groups is 1. The van der Waals surface area contributed by atoms with Crippen molar-refractivity contribution in [2.75, 3.05) is 32.6 Å². The monoisotopic (exact) mass is 390 g/mol. The number of nitrogens with zero attached hydrogens (tertiary/aromatic N) is 1. The number of rotatable bonds is 10. The molecule has 0 aliphatic heterocycles. The zero-order chi connectivity index (χ0) is 20.2. The summed E-state index contributed by atoms with van der Waals surface area (Å²) < 4.78 is 11.8. The second-order valence-corrected chi connectivity index (χ2v) is 8.13. The number of amides is 1. The number of benzene rings is 1. The van der Waals surface area contributed by atoms with Crippen molar-refractivity contribution in [3.05, 3.63) is 24.3 Å². The number of unbranched alkanes of at least 4 members (excludes halogenated alkanes) is 3. The Labute approximate surface area is 170 Å². The van der Waals surface area contributed by atoms with E-state index in [1.807, 2.05) is 24.3 Å². The van der Waals surface area contributed by atoms with E-state index in [0.717, 1.165) is 32.2 Å². The van der Waals surface area contributed by atoms with Gasteiger partial charge in [-0.2, -0.15) is 0 Å². The van der Waals surface area contributed by atoms with Crippen LogP contribution in [0.25, 0.3) is 0 Å². The fourth-order valence-electron chi connectivity index (χ4n) is 3.87. The Morgan fingerprint density at radius 2 is 1.89 bits per heavy atom. The summed E-state index contributed by atoms with van der Waals surface area (Å²) in [6, 6.07) is 7.60. The third-order valence-corrected chi connectivity index (χ3v) is 5.33. The fraction of sp³-hybridized carbons (Fsp3) is 0.696. The quantitative estimate of drug-likeness (QED) is 0.411. The van der Waals surface area contributed by atoms with Gasteiger partial charge in [0.15, 0.2) is 0 Å². The van der Waals surface area contributed by atoms with E-state index in [1.54, 1.807) is 0 Å². The Morgan fingerprint density at radius 1 is 1.11 bits per heavy atom. The zero-order valence-corrected chi connectivity index (χ0v) is 17.9. The molecule has 2 rings (SSSR count). The Bertz CT molecular complexity index is 577. The smallest absolute Gasteiger partial charge is 0.412 e. The summed E-state index contributed by atoms with van der Waals surface area (Å²) >= 11 is 0. The highest BCUT2D eigenvalue weighted by molar-refractivity contribution is 5.86. The molecular weight excluding hydrogens is 352 g/mol. The van der Waals surface area contributed by atoms with Gasteiger partial charge in [-0.15, -0.1) is 0 Å². The van der Waals surface area contributed by atoms with Gasteiger partial charge in [0.25, 0.3) is 0 Å². The molecule has 5 nitrogen and oxygen atoms in total. The van der Waals surface area contributed by atoms with Crippen LogP contribution in [0.4, 0.5) is 10.5 Å². The molecule has 0 aromatic heterocycles. The van der Waals surface area contributed by atoms with Gasteiger partial charge < -0.3 is 14.4 Å². The van der Waals surface area contributed by atoms with E-state index in [9.17, 15) is 4.79 Å². The maximum atomic E-state index is 12.6. The van der Waals surface area contributed by atoms with E-state index >= 15 is 0 Å². The van der Waals surface area contributed by atoms with E-state index in [0.29, 0.717) is 24.0 Å². The molecule has 2 atom stereocenters.